The highest BCUT2D eigenvalue weighted by Crippen LogP contribution is 2.17. The van der Waals surface area contributed by atoms with Crippen LogP contribution in [0.3, 0.4) is 0 Å². The molecule has 8 nitrogen and oxygen atoms in total. The number of pyridine rings is 2. The van der Waals surface area contributed by atoms with E-state index in [1.165, 1.54) is 36.7 Å². The average molecular weight is 413 g/mol. The second-order valence-electron chi connectivity index (χ2n) is 6.17. The van der Waals surface area contributed by atoms with E-state index in [1.54, 1.807) is 24.3 Å². The minimum Gasteiger partial charge on any atom is -0.350 e. The van der Waals surface area contributed by atoms with Gasteiger partial charge in [-0.2, -0.15) is 0 Å². The number of hydrogen-bond acceptors (Lipinski definition) is 4. The highest BCUT2D eigenvalue weighted by atomic mass is 35.5. The number of aromatic nitrogens is 2. The number of H-pyrrole nitrogens is 2. The molecular formula is C20H17ClN4O4. The summed E-state index contributed by atoms with van der Waals surface area (Å²) >= 11 is 5.93. The Balaban J connectivity index is 1.78. The van der Waals surface area contributed by atoms with Gasteiger partial charge in [-0.25, -0.2) is 0 Å². The average Bonchev–Trinajstić information content (AvgIpc) is 2.71. The molecule has 0 bridgehead atoms. The lowest BCUT2D eigenvalue weighted by molar-refractivity contribution is 0.0908. The standard InChI is InChI=1S/C20H17ClN4O4/c21-15-3-1-12(2-4-15)16(25-20(29)14-6-8-23-18(27)10-14)11-24-19(28)13-5-7-22-17(26)9-13/h1-10,16H,11H2,(H,22,26)(H,23,27)(H,24,28)(H,25,29). The molecule has 2 aromatic heterocycles. The number of nitrogens with one attached hydrogen (secondary N) is 4. The topological polar surface area (TPSA) is 124 Å². The molecule has 3 aromatic rings. The van der Waals surface area contributed by atoms with E-state index in [4.69, 9.17) is 11.6 Å². The van der Waals surface area contributed by atoms with Gasteiger partial charge in [0.05, 0.1) is 6.04 Å². The van der Waals surface area contributed by atoms with Crippen LogP contribution in [-0.2, 0) is 0 Å². The molecule has 0 radical (unpaired) electrons. The summed E-state index contributed by atoms with van der Waals surface area (Å²) in [4.78, 5) is 52.6. The molecule has 1 aromatic carbocycles. The molecule has 1 unspecified atom stereocenters. The van der Waals surface area contributed by atoms with E-state index in [-0.39, 0.29) is 17.7 Å². The van der Waals surface area contributed by atoms with Crippen LogP contribution in [0.2, 0.25) is 5.02 Å². The lowest BCUT2D eigenvalue weighted by atomic mass is 10.1. The first-order valence-electron chi connectivity index (χ1n) is 8.64. The van der Waals surface area contributed by atoms with E-state index >= 15 is 0 Å². The fraction of sp³-hybridized carbons (Fsp3) is 0.100. The quantitative estimate of drug-likeness (QED) is 0.491. The molecule has 0 aliphatic heterocycles. The second kappa shape index (κ2) is 9.03. The molecule has 1 atom stereocenters. The van der Waals surface area contributed by atoms with Gasteiger partial charge in [0.1, 0.15) is 0 Å². The van der Waals surface area contributed by atoms with Gasteiger partial charge in [-0.3, -0.25) is 19.2 Å². The number of benzene rings is 1. The summed E-state index contributed by atoms with van der Waals surface area (Å²) in [6, 6.07) is 11.5. The number of amides is 2. The molecule has 2 amide bonds. The summed E-state index contributed by atoms with van der Waals surface area (Å²) < 4.78 is 0. The molecule has 0 spiro atoms. The van der Waals surface area contributed by atoms with Crippen molar-refractivity contribution in [2.24, 2.45) is 0 Å². The Hall–Kier alpha value is -3.65. The van der Waals surface area contributed by atoms with Crippen LogP contribution < -0.4 is 21.8 Å². The van der Waals surface area contributed by atoms with E-state index < -0.39 is 29.0 Å². The van der Waals surface area contributed by atoms with Crippen LogP contribution in [0, 0.1) is 0 Å². The molecule has 0 saturated carbocycles. The first-order valence-corrected chi connectivity index (χ1v) is 9.02. The Morgan fingerprint density at radius 1 is 0.862 bits per heavy atom. The van der Waals surface area contributed by atoms with Crippen molar-refractivity contribution in [3.8, 4) is 0 Å². The van der Waals surface area contributed by atoms with E-state index in [9.17, 15) is 19.2 Å². The summed E-state index contributed by atoms with van der Waals surface area (Å²) in [6.45, 7) is 0.0577. The van der Waals surface area contributed by atoms with Crippen LogP contribution in [0.1, 0.15) is 32.3 Å². The maximum Gasteiger partial charge on any atom is 0.252 e. The first kappa shape index (κ1) is 20.1. The van der Waals surface area contributed by atoms with Crippen LogP contribution in [0.15, 0.2) is 70.5 Å². The van der Waals surface area contributed by atoms with E-state index in [0.717, 1.165) is 0 Å². The molecule has 2 heterocycles. The molecule has 0 saturated heterocycles. The monoisotopic (exact) mass is 412 g/mol. The lowest BCUT2D eigenvalue weighted by Gasteiger charge is -2.20. The van der Waals surface area contributed by atoms with Crippen molar-refractivity contribution in [1.82, 2.24) is 20.6 Å². The zero-order valence-electron chi connectivity index (χ0n) is 15.1. The largest absolute Gasteiger partial charge is 0.350 e. The zero-order valence-corrected chi connectivity index (χ0v) is 15.8. The zero-order chi connectivity index (χ0) is 20.8. The van der Waals surface area contributed by atoms with Crippen molar-refractivity contribution in [2.45, 2.75) is 6.04 Å². The van der Waals surface area contributed by atoms with Gasteiger partial charge in [-0.1, -0.05) is 23.7 Å². The number of hydrogen-bond donors (Lipinski definition) is 4. The van der Waals surface area contributed by atoms with Gasteiger partial charge in [-0.05, 0) is 29.8 Å². The van der Waals surface area contributed by atoms with Gasteiger partial charge in [0.25, 0.3) is 11.8 Å². The number of carbonyl (C=O) groups is 2. The van der Waals surface area contributed by atoms with Gasteiger partial charge < -0.3 is 20.6 Å². The summed E-state index contributed by atoms with van der Waals surface area (Å²) in [6.07, 6.45) is 2.76. The normalized spacial score (nSPS) is 11.5. The highest BCUT2D eigenvalue weighted by molar-refractivity contribution is 6.30. The van der Waals surface area contributed by atoms with Crippen molar-refractivity contribution >= 4 is 23.4 Å². The van der Waals surface area contributed by atoms with Crippen LogP contribution in [0.25, 0.3) is 0 Å². The Morgan fingerprint density at radius 3 is 1.97 bits per heavy atom. The third kappa shape index (κ3) is 5.43. The SMILES string of the molecule is O=C(NCC(NC(=O)c1cc[nH]c(=O)c1)c1ccc(Cl)cc1)c1cc[nH]c(=O)c1. The van der Waals surface area contributed by atoms with Crippen LogP contribution in [0.4, 0.5) is 0 Å². The maximum atomic E-state index is 12.6. The summed E-state index contributed by atoms with van der Waals surface area (Å²) in [5.74, 6) is -0.929. The Bertz CT molecular complexity index is 1140. The molecule has 9 heteroatoms. The minimum atomic E-state index is -0.593. The highest BCUT2D eigenvalue weighted by Gasteiger charge is 2.18. The molecule has 148 valence electrons. The van der Waals surface area contributed by atoms with Crippen LogP contribution >= 0.6 is 11.6 Å². The molecule has 29 heavy (non-hydrogen) atoms. The molecule has 4 N–H and O–H groups in total. The van der Waals surface area contributed by atoms with Gasteiger partial charge >= 0.3 is 0 Å². The fourth-order valence-corrected chi connectivity index (χ4v) is 2.78. The molecule has 0 aliphatic rings. The summed E-state index contributed by atoms with van der Waals surface area (Å²) in [7, 11) is 0. The van der Waals surface area contributed by atoms with Crippen LogP contribution in [-0.4, -0.2) is 28.3 Å². The number of rotatable bonds is 6. The third-order valence-corrected chi connectivity index (χ3v) is 4.37. The van der Waals surface area contributed by atoms with Gasteiger partial charge in [0.2, 0.25) is 11.1 Å². The van der Waals surface area contributed by atoms with Crippen molar-refractivity contribution in [2.75, 3.05) is 6.54 Å². The predicted molar refractivity (Wildman–Crippen MR) is 108 cm³/mol. The predicted octanol–water partition coefficient (Wildman–Crippen LogP) is 1.62. The molecule has 3 rings (SSSR count). The van der Waals surface area contributed by atoms with Crippen molar-refractivity contribution < 1.29 is 9.59 Å². The maximum absolute atomic E-state index is 12.6. The first-order chi connectivity index (χ1) is 13.9. The summed E-state index contributed by atoms with van der Waals surface area (Å²) in [5, 5.41) is 6.03. The molecule has 0 aliphatic carbocycles. The van der Waals surface area contributed by atoms with E-state index in [0.29, 0.717) is 10.6 Å². The van der Waals surface area contributed by atoms with E-state index in [1.807, 2.05) is 0 Å². The number of halogens is 1. The summed E-state index contributed by atoms with van der Waals surface area (Å²) in [5.41, 5.74) is 0.301. The van der Waals surface area contributed by atoms with Crippen molar-refractivity contribution in [1.29, 1.82) is 0 Å². The fourth-order valence-electron chi connectivity index (χ4n) is 2.66. The Labute approximate surface area is 169 Å². The van der Waals surface area contributed by atoms with Gasteiger partial charge in [0, 0.05) is 47.2 Å². The number of aromatic amines is 2. The Kier molecular flexibility index (Phi) is 6.25. The van der Waals surface area contributed by atoms with Crippen molar-refractivity contribution in [3.05, 3.63) is 103 Å². The number of carbonyl (C=O) groups excluding carboxylic acids is 2. The van der Waals surface area contributed by atoms with Crippen LogP contribution in [0.5, 0.6) is 0 Å². The second-order valence-corrected chi connectivity index (χ2v) is 6.61. The third-order valence-electron chi connectivity index (χ3n) is 4.12. The Morgan fingerprint density at radius 2 is 1.41 bits per heavy atom. The van der Waals surface area contributed by atoms with E-state index in [2.05, 4.69) is 20.6 Å². The van der Waals surface area contributed by atoms with Gasteiger partial charge in [0.15, 0.2) is 0 Å². The smallest absolute Gasteiger partial charge is 0.252 e. The minimum absolute atomic E-state index is 0.0577. The van der Waals surface area contributed by atoms with Gasteiger partial charge in [-0.15, -0.1) is 0 Å². The lowest BCUT2D eigenvalue weighted by Crippen LogP contribution is -2.38. The molecular weight excluding hydrogens is 396 g/mol. The van der Waals surface area contributed by atoms with Crippen molar-refractivity contribution in [3.63, 3.8) is 0 Å². The molecule has 0 fully saturated rings.